The van der Waals surface area contributed by atoms with Crippen LogP contribution in [0.1, 0.15) is 30.3 Å². The van der Waals surface area contributed by atoms with Crippen molar-refractivity contribution in [1.82, 2.24) is 15.1 Å². The van der Waals surface area contributed by atoms with E-state index in [1.165, 1.54) is 0 Å². The predicted molar refractivity (Wildman–Crippen MR) is 95.7 cm³/mol. The van der Waals surface area contributed by atoms with Crippen LogP contribution in [0.4, 0.5) is 0 Å². The zero-order valence-electron chi connectivity index (χ0n) is 14.8. The smallest absolute Gasteiger partial charge is 0.271 e. The number of amides is 1. The second-order valence-corrected chi connectivity index (χ2v) is 6.38. The Hall–Kier alpha value is -2.34. The van der Waals surface area contributed by atoms with E-state index in [-0.39, 0.29) is 5.91 Å². The molecule has 0 bridgehead atoms. The number of H-pyrrole nitrogens is 1. The molecule has 1 atom stereocenters. The SMILES string of the molecule is CCCOCC1CCN(C(=O)c2cc(-c3ccc(OC)cc3)n[nH]2)C1. The van der Waals surface area contributed by atoms with Gasteiger partial charge in [0.15, 0.2) is 0 Å². The van der Waals surface area contributed by atoms with Crippen LogP contribution in [0.3, 0.4) is 0 Å². The zero-order valence-corrected chi connectivity index (χ0v) is 14.8. The monoisotopic (exact) mass is 343 g/mol. The fraction of sp³-hybridized carbons (Fsp3) is 0.474. The Morgan fingerprint density at radius 1 is 1.36 bits per heavy atom. The van der Waals surface area contributed by atoms with Gasteiger partial charge in [0.25, 0.3) is 5.91 Å². The number of aromatic amines is 1. The average Bonchev–Trinajstić information content (AvgIpc) is 3.31. The molecule has 0 aliphatic carbocycles. The first-order valence-electron chi connectivity index (χ1n) is 8.78. The summed E-state index contributed by atoms with van der Waals surface area (Å²) in [5.74, 6) is 1.23. The molecule has 134 valence electrons. The van der Waals surface area contributed by atoms with Gasteiger partial charge in [-0.05, 0) is 43.2 Å². The minimum atomic E-state index is 0.00486. The first kappa shape index (κ1) is 17.5. The lowest BCUT2D eigenvalue weighted by molar-refractivity contribution is 0.0749. The van der Waals surface area contributed by atoms with Crippen LogP contribution in [-0.2, 0) is 4.74 Å². The molecule has 6 heteroatoms. The molecule has 1 N–H and O–H groups in total. The number of hydrogen-bond donors (Lipinski definition) is 1. The summed E-state index contributed by atoms with van der Waals surface area (Å²) in [6, 6.07) is 9.44. The van der Waals surface area contributed by atoms with Gasteiger partial charge in [0, 0.05) is 31.2 Å². The molecule has 1 amide bonds. The highest BCUT2D eigenvalue weighted by atomic mass is 16.5. The number of carbonyl (C=O) groups is 1. The second kappa shape index (κ2) is 8.16. The van der Waals surface area contributed by atoms with Crippen LogP contribution in [0.2, 0.25) is 0 Å². The highest BCUT2D eigenvalue weighted by Gasteiger charge is 2.28. The summed E-state index contributed by atoms with van der Waals surface area (Å²) in [5.41, 5.74) is 2.23. The highest BCUT2D eigenvalue weighted by molar-refractivity contribution is 5.93. The van der Waals surface area contributed by atoms with Gasteiger partial charge in [0.1, 0.15) is 11.4 Å². The Morgan fingerprint density at radius 3 is 2.88 bits per heavy atom. The van der Waals surface area contributed by atoms with Crippen molar-refractivity contribution >= 4 is 5.91 Å². The Kier molecular flexibility index (Phi) is 5.71. The van der Waals surface area contributed by atoms with Crippen molar-refractivity contribution in [1.29, 1.82) is 0 Å². The summed E-state index contributed by atoms with van der Waals surface area (Å²) in [6.45, 7) is 5.15. The lowest BCUT2D eigenvalue weighted by Gasteiger charge is -2.15. The van der Waals surface area contributed by atoms with Crippen LogP contribution in [0.5, 0.6) is 5.75 Å². The highest BCUT2D eigenvalue weighted by Crippen LogP contribution is 2.23. The quantitative estimate of drug-likeness (QED) is 0.785. The van der Waals surface area contributed by atoms with Crippen molar-refractivity contribution in [2.45, 2.75) is 19.8 Å². The Morgan fingerprint density at radius 2 is 2.16 bits per heavy atom. The summed E-state index contributed by atoms with van der Waals surface area (Å²) >= 11 is 0. The molecule has 1 saturated heterocycles. The number of hydrogen-bond acceptors (Lipinski definition) is 4. The van der Waals surface area contributed by atoms with E-state index in [1.54, 1.807) is 7.11 Å². The largest absolute Gasteiger partial charge is 0.497 e. The third-order valence-electron chi connectivity index (χ3n) is 4.47. The summed E-state index contributed by atoms with van der Waals surface area (Å²) in [4.78, 5) is 14.5. The van der Waals surface area contributed by atoms with Crippen LogP contribution in [0.15, 0.2) is 30.3 Å². The van der Waals surface area contributed by atoms with Gasteiger partial charge in [-0.2, -0.15) is 5.10 Å². The molecule has 6 nitrogen and oxygen atoms in total. The molecule has 1 fully saturated rings. The summed E-state index contributed by atoms with van der Waals surface area (Å²) in [6.07, 6.45) is 2.02. The van der Waals surface area contributed by atoms with Crippen LogP contribution in [0, 0.1) is 5.92 Å². The molecule has 1 aliphatic heterocycles. The van der Waals surface area contributed by atoms with E-state index in [2.05, 4.69) is 17.1 Å². The molecule has 0 radical (unpaired) electrons. The molecule has 3 rings (SSSR count). The first-order chi connectivity index (χ1) is 12.2. The molecule has 1 aliphatic rings. The number of methoxy groups -OCH3 is 1. The number of carbonyl (C=O) groups excluding carboxylic acids is 1. The molecule has 1 aromatic heterocycles. The van der Waals surface area contributed by atoms with Crippen LogP contribution in [0.25, 0.3) is 11.3 Å². The molecule has 1 unspecified atom stereocenters. The molecular formula is C19H25N3O3. The van der Waals surface area contributed by atoms with E-state index in [4.69, 9.17) is 9.47 Å². The maximum Gasteiger partial charge on any atom is 0.271 e. The van der Waals surface area contributed by atoms with E-state index in [9.17, 15) is 4.79 Å². The summed E-state index contributed by atoms with van der Waals surface area (Å²) in [5, 5.41) is 7.15. The van der Waals surface area contributed by atoms with Crippen LogP contribution >= 0.6 is 0 Å². The van der Waals surface area contributed by atoms with Gasteiger partial charge in [-0.3, -0.25) is 9.89 Å². The summed E-state index contributed by atoms with van der Waals surface area (Å²) < 4.78 is 10.8. The number of ether oxygens (including phenoxy) is 2. The molecule has 0 spiro atoms. The van der Waals surface area contributed by atoms with Crippen molar-refractivity contribution in [3.05, 3.63) is 36.0 Å². The van der Waals surface area contributed by atoms with Crippen molar-refractivity contribution < 1.29 is 14.3 Å². The standard InChI is InChI=1S/C19H25N3O3/c1-3-10-25-13-14-8-9-22(12-14)19(23)18-11-17(20-21-18)15-4-6-16(24-2)7-5-15/h4-7,11,14H,3,8-10,12-13H2,1-2H3,(H,20,21). The van der Waals surface area contributed by atoms with Gasteiger partial charge in [-0.1, -0.05) is 6.92 Å². The predicted octanol–water partition coefficient (Wildman–Crippen LogP) is 2.97. The fourth-order valence-electron chi connectivity index (χ4n) is 3.06. The molecule has 2 aromatic rings. The Bertz CT molecular complexity index is 696. The number of likely N-dealkylation sites (tertiary alicyclic amines) is 1. The molecule has 2 heterocycles. The second-order valence-electron chi connectivity index (χ2n) is 6.38. The molecule has 1 aromatic carbocycles. The van der Waals surface area contributed by atoms with Gasteiger partial charge in [-0.15, -0.1) is 0 Å². The van der Waals surface area contributed by atoms with Crippen molar-refractivity contribution in [3.8, 4) is 17.0 Å². The summed E-state index contributed by atoms with van der Waals surface area (Å²) in [7, 11) is 1.64. The molecule has 0 saturated carbocycles. The number of nitrogens with zero attached hydrogens (tertiary/aromatic N) is 2. The lowest BCUT2D eigenvalue weighted by Crippen LogP contribution is -2.29. The van der Waals surface area contributed by atoms with Crippen LogP contribution in [-0.4, -0.2) is 54.4 Å². The first-order valence-corrected chi connectivity index (χ1v) is 8.78. The molecule has 25 heavy (non-hydrogen) atoms. The van der Waals surface area contributed by atoms with E-state index in [0.29, 0.717) is 11.6 Å². The minimum absolute atomic E-state index is 0.00486. The van der Waals surface area contributed by atoms with E-state index >= 15 is 0 Å². The van der Waals surface area contributed by atoms with E-state index in [1.807, 2.05) is 35.2 Å². The average molecular weight is 343 g/mol. The number of aromatic nitrogens is 2. The topological polar surface area (TPSA) is 67.4 Å². The van der Waals surface area contributed by atoms with Gasteiger partial charge in [0.2, 0.25) is 0 Å². The number of nitrogens with one attached hydrogen (secondary N) is 1. The van der Waals surface area contributed by atoms with Gasteiger partial charge in [0.05, 0.1) is 19.4 Å². The maximum absolute atomic E-state index is 12.7. The van der Waals surface area contributed by atoms with Crippen LogP contribution < -0.4 is 4.74 Å². The maximum atomic E-state index is 12.7. The minimum Gasteiger partial charge on any atom is -0.497 e. The van der Waals surface area contributed by atoms with E-state index < -0.39 is 0 Å². The van der Waals surface area contributed by atoms with Gasteiger partial charge >= 0.3 is 0 Å². The van der Waals surface area contributed by atoms with Crippen molar-refractivity contribution in [2.24, 2.45) is 5.92 Å². The Balaban J connectivity index is 1.61. The Labute approximate surface area is 148 Å². The van der Waals surface area contributed by atoms with Gasteiger partial charge in [-0.25, -0.2) is 0 Å². The third-order valence-corrected chi connectivity index (χ3v) is 4.47. The number of rotatable bonds is 7. The van der Waals surface area contributed by atoms with Crippen molar-refractivity contribution in [3.63, 3.8) is 0 Å². The third kappa shape index (κ3) is 4.20. The number of benzene rings is 1. The normalized spacial score (nSPS) is 17.0. The van der Waals surface area contributed by atoms with Gasteiger partial charge < -0.3 is 14.4 Å². The van der Waals surface area contributed by atoms with Crippen molar-refractivity contribution in [2.75, 3.05) is 33.4 Å². The van der Waals surface area contributed by atoms with E-state index in [0.717, 1.165) is 56.2 Å². The zero-order chi connectivity index (χ0) is 17.6. The lowest BCUT2D eigenvalue weighted by atomic mass is 10.1. The molecular weight excluding hydrogens is 318 g/mol. The fourth-order valence-corrected chi connectivity index (χ4v) is 3.06.